The molecular weight excluding hydrogens is 271 g/mol. The molecule has 1 aromatic carbocycles. The smallest absolute Gasteiger partial charge is 0.252 e. The van der Waals surface area contributed by atoms with Crippen LogP contribution in [-0.2, 0) is 0 Å². The van der Waals surface area contributed by atoms with Crippen LogP contribution in [0.2, 0.25) is 0 Å². The summed E-state index contributed by atoms with van der Waals surface area (Å²) in [5.41, 5.74) is 1.75. The van der Waals surface area contributed by atoms with E-state index >= 15 is 0 Å². The van der Waals surface area contributed by atoms with Crippen molar-refractivity contribution in [1.82, 2.24) is 10.3 Å². The van der Waals surface area contributed by atoms with E-state index in [0.717, 1.165) is 6.42 Å². The van der Waals surface area contributed by atoms with Crippen molar-refractivity contribution in [1.29, 1.82) is 0 Å². The largest absolute Gasteiger partial charge is 0.396 e. The van der Waals surface area contributed by atoms with Gasteiger partial charge in [0.1, 0.15) is 5.82 Å². The maximum Gasteiger partial charge on any atom is 0.252 e. The molecule has 1 amide bonds. The van der Waals surface area contributed by atoms with E-state index in [4.69, 9.17) is 5.11 Å². The van der Waals surface area contributed by atoms with Crippen molar-refractivity contribution in [3.63, 3.8) is 0 Å². The van der Waals surface area contributed by atoms with E-state index in [1.54, 1.807) is 24.3 Å². The lowest BCUT2D eigenvalue weighted by Crippen LogP contribution is -2.24. The molecule has 110 valence electrons. The number of unbranched alkanes of at least 4 members (excludes halogenated alkanes) is 1. The molecule has 2 rings (SSSR count). The third kappa shape index (κ3) is 4.36. The summed E-state index contributed by atoms with van der Waals surface area (Å²) in [6.07, 6.45) is 2.87. The van der Waals surface area contributed by atoms with Crippen LogP contribution in [0, 0.1) is 5.82 Å². The summed E-state index contributed by atoms with van der Waals surface area (Å²) in [7, 11) is 0. The summed E-state index contributed by atoms with van der Waals surface area (Å²) >= 11 is 0. The van der Waals surface area contributed by atoms with E-state index < -0.39 is 0 Å². The van der Waals surface area contributed by atoms with Crippen LogP contribution in [0.1, 0.15) is 23.2 Å². The van der Waals surface area contributed by atoms with Crippen molar-refractivity contribution in [2.24, 2.45) is 0 Å². The number of carbonyl (C=O) groups is 1. The van der Waals surface area contributed by atoms with Crippen molar-refractivity contribution < 1.29 is 14.3 Å². The topological polar surface area (TPSA) is 62.2 Å². The quantitative estimate of drug-likeness (QED) is 0.802. The lowest BCUT2D eigenvalue weighted by Gasteiger charge is -2.05. The molecule has 4 nitrogen and oxygen atoms in total. The highest BCUT2D eigenvalue weighted by Crippen LogP contribution is 2.17. The van der Waals surface area contributed by atoms with Gasteiger partial charge in [0.15, 0.2) is 0 Å². The summed E-state index contributed by atoms with van der Waals surface area (Å²) in [5, 5.41) is 11.4. The van der Waals surface area contributed by atoms with Gasteiger partial charge in [0.05, 0.1) is 11.3 Å². The molecule has 0 saturated carbocycles. The van der Waals surface area contributed by atoms with Crippen LogP contribution in [0.25, 0.3) is 11.3 Å². The second-order valence-corrected chi connectivity index (χ2v) is 4.63. The van der Waals surface area contributed by atoms with Crippen LogP contribution < -0.4 is 5.32 Å². The molecule has 0 fully saturated rings. The van der Waals surface area contributed by atoms with Crippen LogP contribution in [0.15, 0.2) is 42.6 Å². The Labute approximate surface area is 122 Å². The molecule has 2 N–H and O–H groups in total. The number of aliphatic hydroxyl groups is 1. The molecule has 0 aliphatic carbocycles. The van der Waals surface area contributed by atoms with E-state index in [2.05, 4.69) is 10.3 Å². The SMILES string of the molecule is O=C(NCCCCO)c1ccc(-c2cccc(F)c2)nc1. The lowest BCUT2D eigenvalue weighted by atomic mass is 10.1. The van der Waals surface area contributed by atoms with Crippen LogP contribution >= 0.6 is 0 Å². The molecule has 1 heterocycles. The number of halogens is 1. The number of nitrogens with one attached hydrogen (secondary N) is 1. The van der Waals surface area contributed by atoms with Crippen molar-refractivity contribution in [3.05, 3.63) is 54.0 Å². The second-order valence-electron chi connectivity index (χ2n) is 4.63. The van der Waals surface area contributed by atoms with Gasteiger partial charge in [0.2, 0.25) is 0 Å². The standard InChI is InChI=1S/C16H17FN2O2/c17-14-5-3-4-12(10-14)15-7-6-13(11-19-15)16(21)18-8-1-2-9-20/h3-7,10-11,20H,1-2,8-9H2,(H,18,21). The summed E-state index contributed by atoms with van der Waals surface area (Å²) in [6, 6.07) is 9.51. The Bertz CT molecular complexity index is 599. The van der Waals surface area contributed by atoms with Gasteiger partial charge in [0.25, 0.3) is 5.91 Å². The maximum atomic E-state index is 13.2. The predicted octanol–water partition coefficient (Wildman–Crippen LogP) is 2.39. The number of nitrogens with zero attached hydrogens (tertiary/aromatic N) is 1. The van der Waals surface area contributed by atoms with Gasteiger partial charge in [-0.15, -0.1) is 0 Å². The first-order valence-electron chi connectivity index (χ1n) is 6.82. The number of hydrogen-bond acceptors (Lipinski definition) is 3. The normalized spacial score (nSPS) is 10.4. The van der Waals surface area contributed by atoms with E-state index in [-0.39, 0.29) is 18.3 Å². The molecule has 0 aliphatic rings. The predicted molar refractivity (Wildman–Crippen MR) is 78.3 cm³/mol. The molecule has 2 aromatic rings. The van der Waals surface area contributed by atoms with Gasteiger partial charge in [0, 0.05) is 24.9 Å². The van der Waals surface area contributed by atoms with Crippen LogP contribution in [0.5, 0.6) is 0 Å². The Morgan fingerprint density at radius 1 is 1.24 bits per heavy atom. The van der Waals surface area contributed by atoms with Crippen LogP contribution in [0.3, 0.4) is 0 Å². The lowest BCUT2D eigenvalue weighted by molar-refractivity contribution is 0.0951. The summed E-state index contributed by atoms with van der Waals surface area (Å²) in [4.78, 5) is 16.0. The number of rotatable bonds is 6. The van der Waals surface area contributed by atoms with Crippen LogP contribution in [-0.4, -0.2) is 29.1 Å². The third-order valence-electron chi connectivity index (χ3n) is 3.02. The van der Waals surface area contributed by atoms with Gasteiger partial charge in [-0.2, -0.15) is 0 Å². The van der Waals surface area contributed by atoms with Gasteiger partial charge < -0.3 is 10.4 Å². The highest BCUT2D eigenvalue weighted by molar-refractivity contribution is 5.94. The Hall–Kier alpha value is -2.27. The van der Waals surface area contributed by atoms with Gasteiger partial charge >= 0.3 is 0 Å². The number of carbonyl (C=O) groups excluding carboxylic acids is 1. The van der Waals surface area contributed by atoms with E-state index in [0.29, 0.717) is 29.8 Å². The molecule has 5 heteroatoms. The Morgan fingerprint density at radius 2 is 2.10 bits per heavy atom. The highest BCUT2D eigenvalue weighted by atomic mass is 19.1. The number of hydrogen-bond donors (Lipinski definition) is 2. The maximum absolute atomic E-state index is 13.2. The molecule has 0 aliphatic heterocycles. The Kier molecular flexibility index (Phi) is 5.40. The molecule has 0 spiro atoms. The van der Waals surface area contributed by atoms with Crippen molar-refractivity contribution in [3.8, 4) is 11.3 Å². The molecule has 0 bridgehead atoms. The van der Waals surface area contributed by atoms with Crippen molar-refractivity contribution >= 4 is 5.91 Å². The molecule has 0 saturated heterocycles. The second kappa shape index (κ2) is 7.50. The van der Waals surface area contributed by atoms with Gasteiger partial charge in [-0.1, -0.05) is 12.1 Å². The van der Waals surface area contributed by atoms with Gasteiger partial charge in [-0.05, 0) is 37.1 Å². The fraction of sp³-hybridized carbons (Fsp3) is 0.250. The molecule has 21 heavy (non-hydrogen) atoms. The van der Waals surface area contributed by atoms with Gasteiger partial charge in [-0.25, -0.2) is 4.39 Å². The average molecular weight is 288 g/mol. The average Bonchev–Trinajstić information content (AvgIpc) is 2.51. The van der Waals surface area contributed by atoms with Gasteiger partial charge in [-0.3, -0.25) is 9.78 Å². The molecule has 1 aromatic heterocycles. The minimum Gasteiger partial charge on any atom is -0.396 e. The fourth-order valence-electron chi connectivity index (χ4n) is 1.89. The number of aliphatic hydroxyl groups excluding tert-OH is 1. The first-order chi connectivity index (χ1) is 10.2. The summed E-state index contributed by atoms with van der Waals surface area (Å²) in [6.45, 7) is 0.644. The highest BCUT2D eigenvalue weighted by Gasteiger charge is 2.06. The first-order valence-corrected chi connectivity index (χ1v) is 6.82. The summed E-state index contributed by atoms with van der Waals surface area (Å²) < 4.78 is 13.2. The number of amides is 1. The molecule has 0 radical (unpaired) electrons. The van der Waals surface area contributed by atoms with Crippen molar-refractivity contribution in [2.75, 3.05) is 13.2 Å². The Morgan fingerprint density at radius 3 is 2.76 bits per heavy atom. The minimum absolute atomic E-state index is 0.125. The molecule has 0 atom stereocenters. The zero-order valence-electron chi connectivity index (χ0n) is 11.6. The zero-order chi connectivity index (χ0) is 15.1. The fourth-order valence-corrected chi connectivity index (χ4v) is 1.89. The van der Waals surface area contributed by atoms with E-state index in [1.807, 2.05) is 0 Å². The van der Waals surface area contributed by atoms with E-state index in [1.165, 1.54) is 18.3 Å². The number of benzene rings is 1. The zero-order valence-corrected chi connectivity index (χ0v) is 11.6. The minimum atomic E-state index is -0.319. The van der Waals surface area contributed by atoms with Crippen LogP contribution in [0.4, 0.5) is 4.39 Å². The molecular formula is C16H17FN2O2. The monoisotopic (exact) mass is 288 g/mol. The number of pyridine rings is 1. The number of aromatic nitrogens is 1. The summed E-state index contributed by atoms with van der Waals surface area (Å²) in [5.74, 6) is -0.522. The molecule has 0 unspecified atom stereocenters. The van der Waals surface area contributed by atoms with E-state index in [9.17, 15) is 9.18 Å². The Balaban J connectivity index is 2.00. The van der Waals surface area contributed by atoms with Crippen molar-refractivity contribution in [2.45, 2.75) is 12.8 Å². The first kappa shape index (κ1) is 15.1. The third-order valence-corrected chi connectivity index (χ3v) is 3.02.